The molecule has 3 rings (SSSR count). The summed E-state index contributed by atoms with van der Waals surface area (Å²) >= 11 is 1.60. The fourth-order valence-corrected chi connectivity index (χ4v) is 3.43. The van der Waals surface area contributed by atoms with Crippen molar-refractivity contribution in [1.82, 2.24) is 4.90 Å². The van der Waals surface area contributed by atoms with Gasteiger partial charge in [-0.25, -0.2) is 0 Å². The molecule has 0 aliphatic rings. The van der Waals surface area contributed by atoms with Crippen LogP contribution in [0.2, 0.25) is 0 Å². The van der Waals surface area contributed by atoms with Crippen LogP contribution in [0.1, 0.15) is 10.4 Å². The third kappa shape index (κ3) is 5.65. The van der Waals surface area contributed by atoms with Crippen molar-refractivity contribution in [3.63, 3.8) is 0 Å². The van der Waals surface area contributed by atoms with E-state index < -0.39 is 4.92 Å². The van der Waals surface area contributed by atoms with Crippen molar-refractivity contribution in [3.8, 4) is 5.75 Å². The maximum absolute atomic E-state index is 12.8. The molecule has 0 N–H and O–H groups in total. The monoisotopic (exact) mass is 396 g/mol. The highest BCUT2D eigenvalue weighted by Gasteiger charge is 2.16. The van der Waals surface area contributed by atoms with E-state index in [4.69, 9.17) is 4.74 Å². The standard InChI is InChI=1S/C21H20N2O4S/c24-21(16-27-19-9-4-8-18(14-19)23(25)26)22(15-20-10-5-13-28-20)12-11-17-6-2-1-3-7-17/h1-10,13-14H,11-12,15-16H2. The Kier molecular flexibility index (Phi) is 6.75. The van der Waals surface area contributed by atoms with Crippen molar-refractivity contribution < 1.29 is 14.5 Å². The van der Waals surface area contributed by atoms with Gasteiger partial charge in [0, 0.05) is 17.5 Å². The highest BCUT2D eigenvalue weighted by molar-refractivity contribution is 7.09. The lowest BCUT2D eigenvalue weighted by Gasteiger charge is -2.22. The normalized spacial score (nSPS) is 10.4. The van der Waals surface area contributed by atoms with Crippen molar-refractivity contribution in [3.05, 3.63) is 92.7 Å². The molecule has 144 valence electrons. The van der Waals surface area contributed by atoms with E-state index >= 15 is 0 Å². The molecule has 0 aliphatic heterocycles. The molecule has 1 aromatic heterocycles. The molecule has 0 bridgehead atoms. The van der Waals surface area contributed by atoms with E-state index in [1.54, 1.807) is 22.3 Å². The second kappa shape index (κ2) is 9.66. The van der Waals surface area contributed by atoms with Gasteiger partial charge in [0.25, 0.3) is 11.6 Å². The first-order valence-electron chi connectivity index (χ1n) is 8.83. The zero-order valence-electron chi connectivity index (χ0n) is 15.2. The molecule has 0 aliphatic carbocycles. The molecule has 3 aromatic rings. The third-order valence-corrected chi connectivity index (χ3v) is 5.04. The predicted molar refractivity (Wildman–Crippen MR) is 108 cm³/mol. The number of thiophene rings is 1. The smallest absolute Gasteiger partial charge is 0.273 e. The van der Waals surface area contributed by atoms with Crippen LogP contribution in [0.3, 0.4) is 0 Å². The largest absolute Gasteiger partial charge is 0.484 e. The van der Waals surface area contributed by atoms with E-state index in [0.29, 0.717) is 18.8 Å². The number of carbonyl (C=O) groups is 1. The highest BCUT2D eigenvalue weighted by Crippen LogP contribution is 2.19. The SMILES string of the molecule is O=C(COc1cccc([N+](=O)[O-])c1)N(CCc1ccccc1)Cc1cccs1. The summed E-state index contributed by atoms with van der Waals surface area (Å²) in [4.78, 5) is 26.0. The first-order valence-corrected chi connectivity index (χ1v) is 9.71. The molecule has 0 saturated heterocycles. The lowest BCUT2D eigenvalue weighted by Crippen LogP contribution is -2.35. The average Bonchev–Trinajstić information content (AvgIpc) is 3.23. The molecule has 0 fully saturated rings. The van der Waals surface area contributed by atoms with Gasteiger partial charge < -0.3 is 9.64 Å². The Bertz CT molecular complexity index is 913. The molecule has 0 spiro atoms. The van der Waals surface area contributed by atoms with E-state index in [1.807, 2.05) is 47.8 Å². The Balaban J connectivity index is 1.63. The number of nitro benzene ring substituents is 1. The van der Waals surface area contributed by atoms with Crippen molar-refractivity contribution in [1.29, 1.82) is 0 Å². The molecule has 28 heavy (non-hydrogen) atoms. The van der Waals surface area contributed by atoms with Crippen LogP contribution in [-0.4, -0.2) is 28.9 Å². The summed E-state index contributed by atoms with van der Waals surface area (Å²) < 4.78 is 5.52. The lowest BCUT2D eigenvalue weighted by molar-refractivity contribution is -0.384. The van der Waals surface area contributed by atoms with Crippen LogP contribution >= 0.6 is 11.3 Å². The number of ether oxygens (including phenoxy) is 1. The van der Waals surface area contributed by atoms with Gasteiger partial charge in [0.2, 0.25) is 0 Å². The number of benzene rings is 2. The van der Waals surface area contributed by atoms with Crippen LogP contribution in [0.4, 0.5) is 5.69 Å². The number of carbonyl (C=O) groups excluding carboxylic acids is 1. The van der Waals surface area contributed by atoms with Crippen LogP contribution in [0.15, 0.2) is 72.1 Å². The van der Waals surface area contributed by atoms with Gasteiger partial charge in [-0.3, -0.25) is 14.9 Å². The van der Waals surface area contributed by atoms with Crippen LogP contribution in [0.5, 0.6) is 5.75 Å². The first kappa shape index (κ1) is 19.6. The van der Waals surface area contributed by atoms with Gasteiger partial charge in [0.1, 0.15) is 5.75 Å². The summed E-state index contributed by atoms with van der Waals surface area (Å²) in [6, 6.07) is 19.8. The topological polar surface area (TPSA) is 72.7 Å². The van der Waals surface area contributed by atoms with Crippen LogP contribution in [0.25, 0.3) is 0 Å². The molecule has 0 saturated carbocycles. The Hall–Kier alpha value is -3.19. The first-order chi connectivity index (χ1) is 13.6. The third-order valence-electron chi connectivity index (χ3n) is 4.18. The maximum Gasteiger partial charge on any atom is 0.273 e. The quantitative estimate of drug-likeness (QED) is 0.399. The molecule has 0 atom stereocenters. The van der Waals surface area contributed by atoms with Gasteiger partial charge in [0.05, 0.1) is 17.5 Å². The number of nitro groups is 1. The Labute approximate surface area is 167 Å². The van der Waals surface area contributed by atoms with Crippen molar-refractivity contribution in [2.75, 3.05) is 13.2 Å². The molecular formula is C21H20N2O4S. The fourth-order valence-electron chi connectivity index (χ4n) is 2.71. The number of non-ortho nitro benzene ring substituents is 1. The molecule has 6 nitrogen and oxygen atoms in total. The second-order valence-corrected chi connectivity index (χ2v) is 7.21. The van der Waals surface area contributed by atoms with E-state index in [1.165, 1.54) is 18.2 Å². The molecule has 1 heterocycles. The summed E-state index contributed by atoms with van der Waals surface area (Å²) in [6.45, 7) is 0.919. The van der Waals surface area contributed by atoms with Gasteiger partial charge in [-0.05, 0) is 29.5 Å². The van der Waals surface area contributed by atoms with Crippen LogP contribution in [-0.2, 0) is 17.8 Å². The van der Waals surface area contributed by atoms with Crippen molar-refractivity contribution >= 4 is 22.9 Å². The molecule has 7 heteroatoms. The van der Waals surface area contributed by atoms with Gasteiger partial charge in [-0.1, -0.05) is 42.5 Å². The molecule has 0 radical (unpaired) electrons. The number of hydrogen-bond donors (Lipinski definition) is 0. The zero-order chi connectivity index (χ0) is 19.8. The van der Waals surface area contributed by atoms with E-state index in [9.17, 15) is 14.9 Å². The molecule has 2 aromatic carbocycles. The van der Waals surface area contributed by atoms with E-state index in [2.05, 4.69) is 0 Å². The number of rotatable bonds is 9. The molecule has 1 amide bonds. The minimum atomic E-state index is -0.488. The van der Waals surface area contributed by atoms with Crippen LogP contribution < -0.4 is 4.74 Å². The van der Waals surface area contributed by atoms with E-state index in [-0.39, 0.29) is 18.2 Å². The number of nitrogens with zero attached hydrogens (tertiary/aromatic N) is 2. The zero-order valence-corrected chi connectivity index (χ0v) is 16.0. The summed E-state index contributed by atoms with van der Waals surface area (Å²) in [6.07, 6.45) is 0.745. The van der Waals surface area contributed by atoms with Crippen LogP contribution in [0, 0.1) is 10.1 Å². The van der Waals surface area contributed by atoms with Crippen molar-refractivity contribution in [2.45, 2.75) is 13.0 Å². The Morgan fingerprint density at radius 2 is 1.89 bits per heavy atom. The van der Waals surface area contributed by atoms with Crippen molar-refractivity contribution in [2.24, 2.45) is 0 Å². The minimum absolute atomic E-state index is 0.0653. The lowest BCUT2D eigenvalue weighted by atomic mass is 10.1. The van der Waals surface area contributed by atoms with Gasteiger partial charge in [-0.15, -0.1) is 11.3 Å². The van der Waals surface area contributed by atoms with Gasteiger partial charge in [0.15, 0.2) is 6.61 Å². The highest BCUT2D eigenvalue weighted by atomic mass is 32.1. The van der Waals surface area contributed by atoms with E-state index in [0.717, 1.165) is 16.9 Å². The Morgan fingerprint density at radius 1 is 1.07 bits per heavy atom. The second-order valence-electron chi connectivity index (χ2n) is 6.17. The summed E-state index contributed by atoms with van der Waals surface area (Å²) in [5.41, 5.74) is 1.09. The van der Waals surface area contributed by atoms with Gasteiger partial charge >= 0.3 is 0 Å². The summed E-state index contributed by atoms with van der Waals surface area (Å²) in [7, 11) is 0. The average molecular weight is 396 g/mol. The predicted octanol–water partition coefficient (Wildman–Crippen LogP) is 4.31. The maximum atomic E-state index is 12.8. The number of amides is 1. The summed E-state index contributed by atoms with van der Waals surface area (Å²) in [5, 5.41) is 12.9. The Morgan fingerprint density at radius 3 is 2.61 bits per heavy atom. The van der Waals surface area contributed by atoms with Gasteiger partial charge in [-0.2, -0.15) is 0 Å². The fraction of sp³-hybridized carbons (Fsp3) is 0.190. The summed E-state index contributed by atoms with van der Waals surface area (Å²) in [5.74, 6) is 0.150. The molecular weight excluding hydrogens is 376 g/mol. The number of hydrogen-bond acceptors (Lipinski definition) is 5. The minimum Gasteiger partial charge on any atom is -0.484 e. The molecule has 0 unspecified atom stereocenters.